The Labute approximate surface area is 128 Å². The first-order chi connectivity index (χ1) is 9.98. The average molecular weight is 333 g/mol. The van der Waals surface area contributed by atoms with Crippen molar-refractivity contribution in [3.05, 3.63) is 24.3 Å². The number of alkyl halides is 1. The van der Waals surface area contributed by atoms with Gasteiger partial charge in [-0.05, 0) is 37.1 Å². The average Bonchev–Trinajstić information content (AvgIpc) is 2.97. The summed E-state index contributed by atoms with van der Waals surface area (Å²) in [5, 5.41) is 11.8. The smallest absolute Gasteiger partial charge is 0.243 e. The topological polar surface area (TPSA) is 86.7 Å². The lowest BCUT2D eigenvalue weighted by molar-refractivity contribution is -0.113. The van der Waals surface area contributed by atoms with Crippen LogP contribution in [-0.2, 0) is 14.8 Å². The molecule has 0 saturated carbocycles. The zero-order chi connectivity index (χ0) is 15.5. The molecule has 8 heteroatoms. The minimum atomic E-state index is -3.62. The molecule has 1 fully saturated rings. The van der Waals surface area contributed by atoms with Crippen molar-refractivity contribution < 1.29 is 18.3 Å². The summed E-state index contributed by atoms with van der Waals surface area (Å²) in [4.78, 5) is 11.3. The Bertz CT molecular complexity index is 603. The Hall–Kier alpha value is -1.15. The number of carbonyl (C=O) groups excluding carboxylic acids is 1. The van der Waals surface area contributed by atoms with Crippen molar-refractivity contribution in [2.24, 2.45) is 0 Å². The zero-order valence-corrected chi connectivity index (χ0v) is 12.9. The molecule has 1 amide bonds. The van der Waals surface area contributed by atoms with Crippen LogP contribution < -0.4 is 5.32 Å². The van der Waals surface area contributed by atoms with Crippen LogP contribution in [0.5, 0.6) is 0 Å². The molecule has 1 heterocycles. The highest BCUT2D eigenvalue weighted by atomic mass is 35.5. The molecule has 1 unspecified atom stereocenters. The predicted octanol–water partition coefficient (Wildman–Crippen LogP) is 1.01. The van der Waals surface area contributed by atoms with Gasteiger partial charge in [-0.25, -0.2) is 8.42 Å². The van der Waals surface area contributed by atoms with E-state index in [0.29, 0.717) is 18.7 Å². The second-order valence-corrected chi connectivity index (χ2v) is 6.96. The van der Waals surface area contributed by atoms with Crippen LogP contribution in [-0.4, -0.2) is 48.8 Å². The first-order valence-electron chi connectivity index (χ1n) is 6.57. The van der Waals surface area contributed by atoms with Gasteiger partial charge in [-0.1, -0.05) is 0 Å². The molecule has 2 rings (SSSR count). The van der Waals surface area contributed by atoms with Crippen molar-refractivity contribution >= 4 is 33.2 Å². The standard InChI is InChI=1S/C13H17ClN2O4S/c14-8-13(18)15-10-3-5-12(6-4-10)21(19,20)16-7-1-2-11(16)9-17/h3-6,11,17H,1-2,7-9H2,(H,15,18). The molecule has 1 saturated heterocycles. The van der Waals surface area contributed by atoms with Crippen molar-refractivity contribution in [1.82, 2.24) is 4.31 Å². The number of anilines is 1. The minimum absolute atomic E-state index is 0.145. The lowest BCUT2D eigenvalue weighted by atomic mass is 10.2. The van der Waals surface area contributed by atoms with E-state index in [1.54, 1.807) is 0 Å². The van der Waals surface area contributed by atoms with Crippen LogP contribution in [0.2, 0.25) is 0 Å². The van der Waals surface area contributed by atoms with Gasteiger partial charge in [0.2, 0.25) is 15.9 Å². The van der Waals surface area contributed by atoms with Crippen LogP contribution in [0, 0.1) is 0 Å². The minimum Gasteiger partial charge on any atom is -0.395 e. The number of sulfonamides is 1. The van der Waals surface area contributed by atoms with Gasteiger partial charge < -0.3 is 10.4 Å². The summed E-state index contributed by atoms with van der Waals surface area (Å²) in [6.07, 6.45) is 1.41. The number of aliphatic hydroxyl groups is 1. The number of carbonyl (C=O) groups is 1. The predicted molar refractivity (Wildman–Crippen MR) is 79.8 cm³/mol. The van der Waals surface area contributed by atoms with Crippen LogP contribution in [0.25, 0.3) is 0 Å². The monoisotopic (exact) mass is 332 g/mol. The van der Waals surface area contributed by atoms with Crippen molar-refractivity contribution in [2.45, 2.75) is 23.8 Å². The maximum absolute atomic E-state index is 12.5. The van der Waals surface area contributed by atoms with Gasteiger partial charge in [0.15, 0.2) is 0 Å². The molecule has 1 aromatic rings. The largest absolute Gasteiger partial charge is 0.395 e. The van der Waals surface area contributed by atoms with Crippen LogP contribution in [0.15, 0.2) is 29.2 Å². The molecule has 116 valence electrons. The number of hydrogen-bond acceptors (Lipinski definition) is 4. The third-order valence-corrected chi connectivity index (χ3v) is 5.61. The van der Waals surface area contributed by atoms with Gasteiger partial charge in [0.25, 0.3) is 0 Å². The third kappa shape index (κ3) is 3.55. The Morgan fingerprint density at radius 3 is 2.62 bits per heavy atom. The summed E-state index contributed by atoms with van der Waals surface area (Å²) in [7, 11) is -3.62. The first kappa shape index (κ1) is 16.2. The summed E-state index contributed by atoms with van der Waals surface area (Å²) in [5.41, 5.74) is 0.486. The molecule has 0 aliphatic carbocycles. The quantitative estimate of drug-likeness (QED) is 0.788. The number of rotatable bonds is 5. The summed E-state index contributed by atoms with van der Waals surface area (Å²) < 4.78 is 26.3. The van der Waals surface area contributed by atoms with E-state index in [0.717, 1.165) is 6.42 Å². The number of amides is 1. The molecule has 0 spiro atoms. The van der Waals surface area contributed by atoms with E-state index in [9.17, 15) is 18.3 Å². The van der Waals surface area contributed by atoms with Gasteiger partial charge in [0, 0.05) is 18.3 Å². The zero-order valence-electron chi connectivity index (χ0n) is 11.3. The van der Waals surface area contributed by atoms with E-state index in [1.807, 2.05) is 0 Å². The molecule has 1 aliphatic heterocycles. The SMILES string of the molecule is O=C(CCl)Nc1ccc(S(=O)(=O)N2CCCC2CO)cc1. The van der Waals surface area contributed by atoms with Crippen molar-refractivity contribution in [2.75, 3.05) is 24.3 Å². The molecule has 6 nitrogen and oxygen atoms in total. The number of aliphatic hydroxyl groups excluding tert-OH is 1. The summed E-state index contributed by atoms with van der Waals surface area (Å²) in [5.74, 6) is -0.515. The van der Waals surface area contributed by atoms with E-state index < -0.39 is 10.0 Å². The fourth-order valence-corrected chi connectivity index (χ4v) is 4.10. The van der Waals surface area contributed by atoms with Crippen LogP contribution in [0.1, 0.15) is 12.8 Å². The van der Waals surface area contributed by atoms with Crippen molar-refractivity contribution in [1.29, 1.82) is 0 Å². The molecule has 21 heavy (non-hydrogen) atoms. The third-order valence-electron chi connectivity index (χ3n) is 3.40. The van der Waals surface area contributed by atoms with E-state index in [-0.39, 0.29) is 29.3 Å². The molecular weight excluding hydrogens is 316 g/mol. The van der Waals surface area contributed by atoms with Gasteiger partial charge in [0.05, 0.1) is 11.5 Å². The molecule has 0 bridgehead atoms. The fraction of sp³-hybridized carbons (Fsp3) is 0.462. The van der Waals surface area contributed by atoms with E-state index in [2.05, 4.69) is 5.32 Å². The first-order valence-corrected chi connectivity index (χ1v) is 8.55. The van der Waals surface area contributed by atoms with E-state index in [1.165, 1.54) is 28.6 Å². The molecule has 0 aromatic heterocycles. The lowest BCUT2D eigenvalue weighted by Gasteiger charge is -2.22. The number of hydrogen-bond donors (Lipinski definition) is 2. The maximum atomic E-state index is 12.5. The molecule has 0 radical (unpaired) electrons. The molecule has 1 atom stereocenters. The maximum Gasteiger partial charge on any atom is 0.243 e. The fourth-order valence-electron chi connectivity index (χ4n) is 2.35. The Morgan fingerprint density at radius 2 is 2.05 bits per heavy atom. The Kier molecular flexibility index (Phi) is 5.21. The van der Waals surface area contributed by atoms with Crippen LogP contribution in [0.3, 0.4) is 0 Å². The van der Waals surface area contributed by atoms with E-state index in [4.69, 9.17) is 11.6 Å². The second kappa shape index (κ2) is 6.74. The Balaban J connectivity index is 2.19. The van der Waals surface area contributed by atoms with Crippen molar-refractivity contribution in [3.63, 3.8) is 0 Å². The Morgan fingerprint density at radius 1 is 1.38 bits per heavy atom. The summed E-state index contributed by atoms with van der Waals surface area (Å²) in [6.45, 7) is 0.237. The molecule has 1 aromatic carbocycles. The van der Waals surface area contributed by atoms with Gasteiger partial charge in [-0.2, -0.15) is 4.31 Å². The summed E-state index contributed by atoms with van der Waals surface area (Å²) in [6, 6.07) is 5.55. The molecule has 2 N–H and O–H groups in total. The van der Waals surface area contributed by atoms with Crippen LogP contribution >= 0.6 is 11.6 Å². The van der Waals surface area contributed by atoms with Gasteiger partial charge in [-0.15, -0.1) is 11.6 Å². The summed E-state index contributed by atoms with van der Waals surface area (Å²) >= 11 is 5.39. The molecular formula is C13H17ClN2O4S. The van der Waals surface area contributed by atoms with Gasteiger partial charge in [-0.3, -0.25) is 4.79 Å². The number of benzene rings is 1. The number of nitrogens with zero attached hydrogens (tertiary/aromatic N) is 1. The molecule has 1 aliphatic rings. The van der Waals surface area contributed by atoms with E-state index >= 15 is 0 Å². The lowest BCUT2D eigenvalue weighted by Crippen LogP contribution is -2.37. The van der Waals surface area contributed by atoms with Gasteiger partial charge >= 0.3 is 0 Å². The highest BCUT2D eigenvalue weighted by molar-refractivity contribution is 7.89. The highest BCUT2D eigenvalue weighted by Gasteiger charge is 2.34. The van der Waals surface area contributed by atoms with Gasteiger partial charge in [0.1, 0.15) is 5.88 Å². The van der Waals surface area contributed by atoms with Crippen molar-refractivity contribution in [3.8, 4) is 0 Å². The second-order valence-electron chi connectivity index (χ2n) is 4.80. The van der Waals surface area contributed by atoms with Crippen LogP contribution in [0.4, 0.5) is 5.69 Å². The normalized spacial score (nSPS) is 19.6. The number of nitrogens with one attached hydrogen (secondary N) is 1. The highest BCUT2D eigenvalue weighted by Crippen LogP contribution is 2.26. The number of halogens is 1.